The first-order valence-corrected chi connectivity index (χ1v) is 10.2. The fourth-order valence-corrected chi connectivity index (χ4v) is 5.38. The van der Waals surface area contributed by atoms with Crippen molar-refractivity contribution in [2.75, 3.05) is 11.5 Å². The number of nitrogens with one attached hydrogen (secondary N) is 2. The first kappa shape index (κ1) is 18.8. The van der Waals surface area contributed by atoms with Crippen molar-refractivity contribution in [1.82, 2.24) is 10.6 Å². The minimum Gasteiger partial charge on any atom is -0.453 e. The van der Waals surface area contributed by atoms with E-state index in [0.717, 1.165) is 30.6 Å². The van der Waals surface area contributed by atoms with Crippen LogP contribution in [-0.2, 0) is 19.1 Å². The van der Waals surface area contributed by atoms with E-state index in [9.17, 15) is 19.2 Å². The maximum absolute atomic E-state index is 12.8. The second-order valence-corrected chi connectivity index (χ2v) is 8.48. The zero-order chi connectivity index (χ0) is 19.7. The van der Waals surface area contributed by atoms with E-state index >= 15 is 0 Å². The lowest BCUT2D eigenvalue weighted by molar-refractivity contribution is -0.150. The Morgan fingerprint density at radius 3 is 2.75 bits per heavy atom. The minimum atomic E-state index is -1.17. The van der Waals surface area contributed by atoms with Crippen molar-refractivity contribution in [1.29, 1.82) is 0 Å². The van der Waals surface area contributed by atoms with E-state index in [0.29, 0.717) is 12.1 Å². The van der Waals surface area contributed by atoms with E-state index < -0.39 is 29.4 Å². The van der Waals surface area contributed by atoms with Crippen molar-refractivity contribution in [3.05, 3.63) is 24.3 Å². The molecular formula is C19H21N3O5S. The number of imide groups is 1. The molecule has 4 rings (SSSR count). The van der Waals surface area contributed by atoms with Crippen LogP contribution in [0.25, 0.3) is 0 Å². The summed E-state index contributed by atoms with van der Waals surface area (Å²) in [5, 5.41) is 4.92. The quantitative estimate of drug-likeness (QED) is 0.745. The molecule has 0 radical (unpaired) electrons. The van der Waals surface area contributed by atoms with Crippen molar-refractivity contribution in [3.8, 4) is 0 Å². The summed E-state index contributed by atoms with van der Waals surface area (Å²) in [7, 11) is 0. The summed E-state index contributed by atoms with van der Waals surface area (Å²) in [6.07, 6.45) is 4.49. The van der Waals surface area contributed by atoms with Gasteiger partial charge < -0.3 is 10.1 Å². The highest BCUT2D eigenvalue weighted by molar-refractivity contribution is 8.02. The van der Waals surface area contributed by atoms with Gasteiger partial charge in [0, 0.05) is 23.8 Å². The largest absolute Gasteiger partial charge is 0.453 e. The number of esters is 1. The molecule has 9 heteroatoms. The van der Waals surface area contributed by atoms with Gasteiger partial charge in [0.25, 0.3) is 5.91 Å². The Balaban J connectivity index is 1.35. The maximum atomic E-state index is 12.8. The van der Waals surface area contributed by atoms with Gasteiger partial charge in [-0.3, -0.25) is 19.8 Å². The molecule has 1 saturated carbocycles. The van der Waals surface area contributed by atoms with Crippen LogP contribution in [0, 0.1) is 0 Å². The molecule has 0 spiro atoms. The first-order chi connectivity index (χ1) is 13.5. The monoisotopic (exact) mass is 403 g/mol. The number of anilines is 1. The highest BCUT2D eigenvalue weighted by Gasteiger charge is 2.58. The Hall–Kier alpha value is -2.55. The number of carbonyl (C=O) groups is 4. The summed E-state index contributed by atoms with van der Waals surface area (Å²) in [6, 6.07) is 6.80. The average molecular weight is 403 g/mol. The van der Waals surface area contributed by atoms with Gasteiger partial charge in [0.15, 0.2) is 11.5 Å². The van der Waals surface area contributed by atoms with E-state index in [2.05, 4.69) is 10.6 Å². The molecule has 8 nitrogen and oxygen atoms in total. The van der Waals surface area contributed by atoms with Gasteiger partial charge in [0.05, 0.1) is 5.69 Å². The van der Waals surface area contributed by atoms with Crippen LogP contribution in [0.1, 0.15) is 38.5 Å². The van der Waals surface area contributed by atoms with E-state index in [-0.39, 0.29) is 18.4 Å². The summed E-state index contributed by atoms with van der Waals surface area (Å²) < 4.78 is 5.20. The van der Waals surface area contributed by atoms with Gasteiger partial charge in [-0.1, -0.05) is 36.7 Å². The smallest absolute Gasteiger partial charge is 0.344 e. The van der Waals surface area contributed by atoms with Crippen LogP contribution in [-0.4, -0.2) is 41.3 Å². The maximum Gasteiger partial charge on any atom is 0.344 e. The molecule has 0 bridgehead atoms. The van der Waals surface area contributed by atoms with Gasteiger partial charge >= 0.3 is 12.0 Å². The molecule has 1 atom stereocenters. The lowest BCUT2D eigenvalue weighted by Gasteiger charge is -2.28. The van der Waals surface area contributed by atoms with Crippen molar-refractivity contribution in [3.63, 3.8) is 0 Å². The Kier molecular flexibility index (Phi) is 5.01. The molecule has 2 fully saturated rings. The molecule has 1 aromatic rings. The zero-order valence-electron chi connectivity index (χ0n) is 15.2. The summed E-state index contributed by atoms with van der Waals surface area (Å²) in [5.41, 5.74) is 0.687. The number of nitrogens with zero attached hydrogens (tertiary/aromatic N) is 1. The Morgan fingerprint density at radius 1 is 1.21 bits per heavy atom. The van der Waals surface area contributed by atoms with Crippen molar-refractivity contribution in [2.45, 2.75) is 54.3 Å². The van der Waals surface area contributed by atoms with Gasteiger partial charge in [0.2, 0.25) is 5.91 Å². The third-order valence-electron chi connectivity index (χ3n) is 5.27. The molecular weight excluding hydrogens is 382 g/mol. The van der Waals surface area contributed by atoms with E-state index in [4.69, 9.17) is 4.74 Å². The molecule has 148 valence electrons. The Morgan fingerprint density at radius 2 is 1.96 bits per heavy atom. The van der Waals surface area contributed by atoms with Crippen LogP contribution in [0.15, 0.2) is 29.2 Å². The number of fused-ring (bicyclic) bond motifs is 3. The van der Waals surface area contributed by atoms with Crippen molar-refractivity contribution >= 4 is 41.3 Å². The summed E-state index contributed by atoms with van der Waals surface area (Å²) in [6.45, 7) is -0.572. The van der Waals surface area contributed by atoms with Gasteiger partial charge in [-0.05, 0) is 25.0 Å². The number of amides is 4. The molecule has 1 saturated heterocycles. The highest BCUT2D eigenvalue weighted by Crippen LogP contribution is 2.56. The molecule has 4 amide bonds. The highest BCUT2D eigenvalue weighted by atomic mass is 32.2. The standard InChI is InChI=1S/C19H21N3O5S/c23-15(21-18(26)20-12-5-1-2-6-12)11-27-17(25)19-10-9-16(24)22(19)13-7-3-4-8-14(13)28-19/h3-4,7-8,12H,1-2,5-6,9-11H2,(H2,20,21,23,26). The lowest BCUT2D eigenvalue weighted by atomic mass is 10.2. The molecule has 1 aliphatic carbocycles. The van der Waals surface area contributed by atoms with E-state index in [1.807, 2.05) is 18.2 Å². The minimum absolute atomic E-state index is 0.0840. The van der Waals surface area contributed by atoms with Gasteiger partial charge in [-0.2, -0.15) is 0 Å². The van der Waals surface area contributed by atoms with Gasteiger partial charge in [0.1, 0.15) is 0 Å². The number of ether oxygens (including phenoxy) is 1. The van der Waals surface area contributed by atoms with Crippen molar-refractivity contribution in [2.24, 2.45) is 0 Å². The predicted molar refractivity (Wildman–Crippen MR) is 102 cm³/mol. The second kappa shape index (κ2) is 7.46. The molecule has 28 heavy (non-hydrogen) atoms. The number of rotatable bonds is 4. The van der Waals surface area contributed by atoms with Gasteiger partial charge in [-0.15, -0.1) is 0 Å². The van der Waals surface area contributed by atoms with Crippen LogP contribution in [0.2, 0.25) is 0 Å². The van der Waals surface area contributed by atoms with E-state index in [1.54, 1.807) is 6.07 Å². The molecule has 2 aliphatic heterocycles. The number of hydrogen-bond donors (Lipinski definition) is 2. The van der Waals surface area contributed by atoms with E-state index in [1.165, 1.54) is 16.7 Å². The number of para-hydroxylation sites is 1. The fraction of sp³-hybridized carbons (Fsp3) is 0.474. The third kappa shape index (κ3) is 3.34. The Bertz CT molecular complexity index is 839. The topological polar surface area (TPSA) is 105 Å². The number of carbonyl (C=O) groups excluding carboxylic acids is 4. The summed E-state index contributed by atoms with van der Waals surface area (Å²) in [4.78, 5) is 50.1. The normalized spacial score (nSPS) is 23.3. The van der Waals surface area contributed by atoms with Crippen LogP contribution < -0.4 is 15.5 Å². The van der Waals surface area contributed by atoms with Crippen LogP contribution in [0.4, 0.5) is 10.5 Å². The third-order valence-corrected chi connectivity index (χ3v) is 6.73. The molecule has 1 unspecified atom stereocenters. The average Bonchev–Trinajstić information content (AvgIpc) is 3.36. The first-order valence-electron chi connectivity index (χ1n) is 9.38. The SMILES string of the molecule is O=C(COC(=O)C12CCC(=O)N1c1ccccc1S2)NC(=O)NC1CCCC1. The number of hydrogen-bond acceptors (Lipinski definition) is 6. The summed E-state index contributed by atoms with van der Waals surface area (Å²) in [5.74, 6) is -1.49. The van der Waals surface area contributed by atoms with Crippen LogP contribution in [0.5, 0.6) is 0 Å². The molecule has 0 aromatic heterocycles. The van der Waals surface area contributed by atoms with Crippen LogP contribution >= 0.6 is 11.8 Å². The van der Waals surface area contributed by atoms with Crippen molar-refractivity contribution < 1.29 is 23.9 Å². The molecule has 3 aliphatic rings. The van der Waals surface area contributed by atoms with Crippen LogP contribution in [0.3, 0.4) is 0 Å². The molecule has 2 heterocycles. The molecule has 1 aromatic carbocycles. The fourth-order valence-electron chi connectivity index (χ4n) is 3.97. The summed E-state index contributed by atoms with van der Waals surface area (Å²) >= 11 is 1.27. The number of urea groups is 1. The second-order valence-electron chi connectivity index (χ2n) is 7.16. The molecule has 2 N–H and O–H groups in total. The van der Waals surface area contributed by atoms with Gasteiger partial charge in [-0.25, -0.2) is 9.59 Å². The zero-order valence-corrected chi connectivity index (χ0v) is 16.0. The number of benzene rings is 1. The predicted octanol–water partition coefficient (Wildman–Crippen LogP) is 1.93. The Labute approximate surface area is 166 Å². The lowest BCUT2D eigenvalue weighted by Crippen LogP contribution is -2.49. The number of thioether (sulfide) groups is 1.